The minimum Gasteiger partial charge on any atom is -0.414 e. The Balaban J connectivity index is 1.67. The van der Waals surface area contributed by atoms with Gasteiger partial charge in [0.05, 0.1) is 24.8 Å². The number of aromatic nitrogens is 1. The van der Waals surface area contributed by atoms with Crippen LogP contribution in [0.3, 0.4) is 0 Å². The molecule has 0 N–H and O–H groups in total. The van der Waals surface area contributed by atoms with Crippen molar-refractivity contribution in [1.29, 1.82) is 0 Å². The normalized spacial score (nSPS) is 32.6. The maximum absolute atomic E-state index is 6.61. The average Bonchev–Trinajstić information content (AvgIpc) is 3.23. The van der Waals surface area contributed by atoms with E-state index in [2.05, 4.69) is 38.8 Å². The molecule has 3 aliphatic rings. The van der Waals surface area contributed by atoms with Crippen molar-refractivity contribution >= 4 is 19.9 Å². The second kappa shape index (κ2) is 7.23. The first kappa shape index (κ1) is 22.6. The van der Waals surface area contributed by atoms with Crippen LogP contribution in [0.1, 0.15) is 57.1 Å². The maximum Gasteiger partial charge on any atom is 0.227 e. The van der Waals surface area contributed by atoms with Gasteiger partial charge in [-0.2, -0.15) is 0 Å². The number of aryl methyl sites for hydroxylation is 1. The number of hydrogen-bond donors (Lipinski definition) is 0. The van der Waals surface area contributed by atoms with E-state index in [9.17, 15) is 0 Å². The molecule has 1 spiro atoms. The molecule has 2 fully saturated rings. The molecule has 0 aliphatic carbocycles. The second-order valence-electron chi connectivity index (χ2n) is 10.6. The predicted octanol–water partition coefficient (Wildman–Crippen LogP) is 4.75. The Bertz CT molecular complexity index is 840. The third-order valence-corrected chi connectivity index (χ3v) is 11.6. The summed E-state index contributed by atoms with van der Waals surface area (Å²) in [6.07, 6.45) is -0.948. The average molecular weight is 456 g/mol. The summed E-state index contributed by atoms with van der Waals surface area (Å²) in [6, 6.07) is 2.00. The highest BCUT2D eigenvalue weighted by Crippen LogP contribution is 2.54. The first-order valence-corrected chi connectivity index (χ1v) is 14.1. The number of fused-ring (bicyclic) bond motifs is 4. The Labute approximate surface area is 185 Å². The fraction of sp³-hybridized carbons (Fsp3) is 0.773. The smallest absolute Gasteiger partial charge is 0.227 e. The Kier molecular flexibility index (Phi) is 5.46. The Morgan fingerprint density at radius 3 is 2.57 bits per heavy atom. The summed E-state index contributed by atoms with van der Waals surface area (Å²) in [5.41, 5.74) is 3.70. The summed E-state index contributed by atoms with van der Waals surface area (Å²) in [5, 5.41) is 0.115. The van der Waals surface area contributed by atoms with Crippen LogP contribution in [-0.2, 0) is 41.6 Å². The number of hydrogen-bond acceptors (Lipinski definition) is 6. The first-order valence-electron chi connectivity index (χ1n) is 10.7. The van der Waals surface area contributed by atoms with Gasteiger partial charge in [-0.3, -0.25) is 4.98 Å². The van der Waals surface area contributed by atoms with E-state index in [0.717, 1.165) is 22.5 Å². The predicted molar refractivity (Wildman–Crippen MR) is 117 cm³/mol. The van der Waals surface area contributed by atoms with Gasteiger partial charge in [0.15, 0.2) is 14.1 Å². The van der Waals surface area contributed by atoms with E-state index in [4.69, 9.17) is 35.0 Å². The van der Waals surface area contributed by atoms with Crippen LogP contribution < -0.4 is 0 Å². The van der Waals surface area contributed by atoms with E-state index in [1.165, 1.54) is 0 Å². The van der Waals surface area contributed by atoms with Gasteiger partial charge in [-0.15, -0.1) is 11.6 Å². The lowest BCUT2D eigenvalue weighted by Gasteiger charge is -2.37. The maximum atomic E-state index is 6.61. The molecule has 1 aromatic heterocycles. The molecule has 0 bridgehead atoms. The van der Waals surface area contributed by atoms with Crippen molar-refractivity contribution in [2.45, 2.75) is 102 Å². The van der Waals surface area contributed by atoms with Crippen LogP contribution in [0.15, 0.2) is 6.07 Å². The van der Waals surface area contributed by atoms with Crippen molar-refractivity contribution in [1.82, 2.24) is 4.98 Å². The van der Waals surface area contributed by atoms with Gasteiger partial charge in [-0.25, -0.2) is 0 Å². The Morgan fingerprint density at radius 2 is 1.93 bits per heavy atom. The topological polar surface area (TPSA) is 59.0 Å². The van der Waals surface area contributed by atoms with Crippen LogP contribution in [0.4, 0.5) is 0 Å². The standard InChI is InChI=1S/C22H34ClNO5Si/c1-13-17-14(9-15(10-23)24-13)11-25-22(17)19-18(28-21(5,6)29-19)16(27-22)12-26-30(7,8)20(2,3)4/h9,16,18-19H,10-12H2,1-8H3/t16-,18-,19-,22-/m1/s1. The van der Waals surface area contributed by atoms with Crippen molar-refractivity contribution in [3.05, 3.63) is 28.6 Å². The van der Waals surface area contributed by atoms with Gasteiger partial charge in [-0.05, 0) is 50.5 Å². The van der Waals surface area contributed by atoms with Crippen molar-refractivity contribution in [3.8, 4) is 0 Å². The van der Waals surface area contributed by atoms with Gasteiger partial charge in [0, 0.05) is 11.3 Å². The molecule has 1 aromatic rings. The number of alkyl halides is 1. The summed E-state index contributed by atoms with van der Waals surface area (Å²) in [6.45, 7) is 17.9. The third kappa shape index (κ3) is 3.56. The molecular weight excluding hydrogens is 422 g/mol. The van der Waals surface area contributed by atoms with E-state index in [-0.39, 0.29) is 23.4 Å². The van der Waals surface area contributed by atoms with Crippen LogP contribution in [0.2, 0.25) is 18.1 Å². The summed E-state index contributed by atoms with van der Waals surface area (Å²) in [5.74, 6) is -1.38. The van der Waals surface area contributed by atoms with Crippen LogP contribution >= 0.6 is 11.6 Å². The SMILES string of the molecule is Cc1nc(CCl)cc2c1[C@@]1(OC2)O[C@H](CO[Si](C)(C)C(C)(C)C)[C@H]2OC(C)(C)O[C@H]21. The molecule has 3 aliphatic heterocycles. The fourth-order valence-corrected chi connectivity index (χ4v) is 5.54. The zero-order chi connectivity index (χ0) is 22.1. The minimum atomic E-state index is -1.94. The highest BCUT2D eigenvalue weighted by atomic mass is 35.5. The second-order valence-corrected chi connectivity index (χ2v) is 15.6. The van der Waals surface area contributed by atoms with Crippen molar-refractivity contribution < 1.29 is 23.4 Å². The molecule has 0 unspecified atom stereocenters. The monoisotopic (exact) mass is 455 g/mol. The van der Waals surface area contributed by atoms with Gasteiger partial charge >= 0.3 is 0 Å². The molecule has 4 rings (SSSR count). The Morgan fingerprint density at radius 1 is 1.23 bits per heavy atom. The lowest BCUT2D eigenvalue weighted by molar-refractivity contribution is -0.297. The molecule has 168 valence electrons. The van der Waals surface area contributed by atoms with Crippen LogP contribution in [0, 0.1) is 6.92 Å². The van der Waals surface area contributed by atoms with Crippen LogP contribution in [0.5, 0.6) is 0 Å². The highest BCUT2D eigenvalue weighted by molar-refractivity contribution is 6.74. The molecule has 0 radical (unpaired) electrons. The summed E-state index contributed by atoms with van der Waals surface area (Å²) in [7, 11) is -1.94. The fourth-order valence-electron chi connectivity index (χ4n) is 4.39. The molecule has 0 amide bonds. The van der Waals surface area contributed by atoms with Crippen molar-refractivity contribution in [2.24, 2.45) is 0 Å². The molecule has 0 aromatic carbocycles. The molecule has 0 saturated carbocycles. The van der Waals surface area contributed by atoms with E-state index in [1.54, 1.807) is 0 Å². The van der Waals surface area contributed by atoms with Crippen LogP contribution in [-0.4, -0.2) is 44.0 Å². The molecule has 4 atom stereocenters. The zero-order valence-electron chi connectivity index (χ0n) is 19.3. The molecule has 6 nitrogen and oxygen atoms in total. The van der Waals surface area contributed by atoms with E-state index >= 15 is 0 Å². The van der Waals surface area contributed by atoms with Crippen molar-refractivity contribution in [2.75, 3.05) is 6.61 Å². The van der Waals surface area contributed by atoms with Gasteiger partial charge in [0.1, 0.15) is 18.3 Å². The number of ether oxygens (including phenoxy) is 4. The first-order chi connectivity index (χ1) is 13.8. The zero-order valence-corrected chi connectivity index (χ0v) is 21.1. The number of pyridine rings is 1. The summed E-state index contributed by atoms with van der Waals surface area (Å²) >= 11 is 6.03. The third-order valence-electron chi connectivity index (χ3n) is 6.87. The largest absolute Gasteiger partial charge is 0.414 e. The summed E-state index contributed by atoms with van der Waals surface area (Å²) < 4.78 is 32.1. The highest BCUT2D eigenvalue weighted by Gasteiger charge is 2.67. The van der Waals surface area contributed by atoms with Crippen LogP contribution in [0.25, 0.3) is 0 Å². The number of nitrogens with zero attached hydrogens (tertiary/aromatic N) is 1. The lowest BCUT2D eigenvalue weighted by Crippen LogP contribution is -2.44. The van der Waals surface area contributed by atoms with Crippen molar-refractivity contribution in [3.63, 3.8) is 0 Å². The van der Waals surface area contributed by atoms with Gasteiger partial charge in [0.2, 0.25) is 5.79 Å². The molecule has 8 heteroatoms. The molecule has 30 heavy (non-hydrogen) atoms. The molecule has 2 saturated heterocycles. The van der Waals surface area contributed by atoms with Gasteiger partial charge < -0.3 is 23.4 Å². The molecule has 4 heterocycles. The quantitative estimate of drug-likeness (QED) is 0.482. The Hall–Kier alpha value is -0.543. The number of halogens is 1. The lowest BCUT2D eigenvalue weighted by atomic mass is 9.94. The van der Waals surface area contributed by atoms with Gasteiger partial charge in [0.25, 0.3) is 0 Å². The van der Waals surface area contributed by atoms with E-state index in [1.807, 2.05) is 26.8 Å². The molecular formula is C22H34ClNO5Si. The summed E-state index contributed by atoms with van der Waals surface area (Å²) in [4.78, 5) is 4.66. The number of rotatable bonds is 4. The minimum absolute atomic E-state index is 0.115. The van der Waals surface area contributed by atoms with E-state index < -0.39 is 19.9 Å². The van der Waals surface area contributed by atoms with E-state index in [0.29, 0.717) is 19.1 Å². The van der Waals surface area contributed by atoms with Gasteiger partial charge in [-0.1, -0.05) is 20.8 Å².